The minimum atomic E-state index is -1.07. The van der Waals surface area contributed by atoms with E-state index in [-0.39, 0.29) is 16.9 Å². The number of thiophene rings is 1. The molecule has 0 fully saturated rings. The fourth-order valence-corrected chi connectivity index (χ4v) is 2.49. The van der Waals surface area contributed by atoms with Crippen LogP contribution in [0.1, 0.15) is 27.6 Å². The van der Waals surface area contributed by atoms with Crippen LogP contribution in [0.4, 0.5) is 5.00 Å². The molecule has 7 nitrogen and oxygen atoms in total. The monoisotopic (exact) mass is 334 g/mol. The van der Waals surface area contributed by atoms with Crippen LogP contribution in [0.3, 0.4) is 0 Å². The molecule has 1 atom stereocenters. The Morgan fingerprint density at radius 3 is 2.48 bits per heavy atom. The first kappa shape index (κ1) is 16.5. The molecule has 2 rings (SSSR count). The maximum Gasteiger partial charge on any atom is 0.338 e. The first-order chi connectivity index (χ1) is 10.9. The van der Waals surface area contributed by atoms with Crippen molar-refractivity contribution in [3.8, 4) is 5.75 Å². The Hall–Kier alpha value is -2.87. The number of amides is 2. The van der Waals surface area contributed by atoms with Gasteiger partial charge in [-0.1, -0.05) is 0 Å². The van der Waals surface area contributed by atoms with E-state index in [4.69, 9.17) is 10.5 Å². The van der Waals surface area contributed by atoms with Crippen molar-refractivity contribution >= 4 is 34.1 Å². The summed E-state index contributed by atoms with van der Waals surface area (Å²) in [4.78, 5) is 35.1. The van der Waals surface area contributed by atoms with E-state index < -0.39 is 23.9 Å². The molecule has 0 bridgehead atoms. The second-order valence-corrected chi connectivity index (χ2v) is 5.53. The summed E-state index contributed by atoms with van der Waals surface area (Å²) in [7, 11) is 0. The number of carbonyl (C=O) groups excluding carboxylic acids is 3. The Kier molecular flexibility index (Phi) is 4.97. The van der Waals surface area contributed by atoms with E-state index in [0.29, 0.717) is 5.00 Å². The number of esters is 1. The number of hydrogen-bond acceptors (Lipinski definition) is 6. The van der Waals surface area contributed by atoms with Gasteiger partial charge in [-0.25, -0.2) is 4.79 Å². The predicted molar refractivity (Wildman–Crippen MR) is 84.5 cm³/mol. The number of rotatable bonds is 5. The average Bonchev–Trinajstić information content (AvgIpc) is 2.96. The lowest BCUT2D eigenvalue weighted by Gasteiger charge is -2.13. The molecular formula is C15H14N2O5S. The van der Waals surface area contributed by atoms with Gasteiger partial charge in [-0.3, -0.25) is 9.59 Å². The first-order valence-corrected chi connectivity index (χ1v) is 7.44. The van der Waals surface area contributed by atoms with E-state index in [2.05, 4.69) is 5.32 Å². The molecule has 0 aliphatic carbocycles. The van der Waals surface area contributed by atoms with Gasteiger partial charge in [-0.2, -0.15) is 0 Å². The number of ether oxygens (including phenoxy) is 1. The number of hydrogen-bond donors (Lipinski definition) is 3. The Balaban J connectivity index is 1.99. The number of nitrogens with one attached hydrogen (secondary N) is 1. The smallest absolute Gasteiger partial charge is 0.338 e. The van der Waals surface area contributed by atoms with Gasteiger partial charge in [-0.05, 0) is 42.6 Å². The van der Waals surface area contributed by atoms with Crippen LogP contribution in [0.5, 0.6) is 5.75 Å². The second-order valence-electron chi connectivity index (χ2n) is 4.61. The lowest BCUT2D eigenvalue weighted by molar-refractivity contribution is -0.123. The number of phenolic OH excluding ortho intramolecular Hbond substituents is 1. The zero-order chi connectivity index (χ0) is 17.0. The molecule has 0 unspecified atom stereocenters. The van der Waals surface area contributed by atoms with E-state index in [0.717, 1.165) is 11.3 Å². The fraction of sp³-hybridized carbons (Fsp3) is 0.133. The summed E-state index contributed by atoms with van der Waals surface area (Å²) >= 11 is 1.14. The van der Waals surface area contributed by atoms with Gasteiger partial charge in [0.2, 0.25) is 0 Å². The minimum absolute atomic E-state index is 0.0176. The standard InChI is InChI=1S/C15H14N2O5S/c1-8(22-15(21)9-2-4-10(18)5-3-9)13(20)17-14-11(12(16)19)6-7-23-14/h2-8,18H,1H3,(H2,16,19)(H,17,20)/t8-/m0/s1. The molecule has 120 valence electrons. The lowest BCUT2D eigenvalue weighted by atomic mass is 10.2. The number of aromatic hydroxyl groups is 1. The highest BCUT2D eigenvalue weighted by Gasteiger charge is 2.21. The summed E-state index contributed by atoms with van der Waals surface area (Å²) in [6, 6.07) is 6.94. The molecular weight excluding hydrogens is 320 g/mol. The molecule has 0 spiro atoms. The molecule has 2 amide bonds. The van der Waals surface area contributed by atoms with Crippen molar-refractivity contribution in [3.05, 3.63) is 46.8 Å². The highest BCUT2D eigenvalue weighted by molar-refractivity contribution is 7.14. The number of nitrogens with two attached hydrogens (primary N) is 1. The first-order valence-electron chi connectivity index (χ1n) is 6.56. The van der Waals surface area contributed by atoms with Crippen LogP contribution in [0.25, 0.3) is 0 Å². The summed E-state index contributed by atoms with van der Waals surface area (Å²) in [5, 5.41) is 13.6. The quantitative estimate of drug-likeness (QED) is 0.720. The van der Waals surface area contributed by atoms with Crippen molar-refractivity contribution < 1.29 is 24.2 Å². The van der Waals surface area contributed by atoms with Gasteiger partial charge in [0.1, 0.15) is 10.8 Å². The highest BCUT2D eigenvalue weighted by Crippen LogP contribution is 2.23. The molecule has 0 saturated heterocycles. The van der Waals surface area contributed by atoms with Crippen LogP contribution in [-0.4, -0.2) is 29.0 Å². The van der Waals surface area contributed by atoms with Crippen LogP contribution in [-0.2, 0) is 9.53 Å². The van der Waals surface area contributed by atoms with Crippen molar-refractivity contribution in [3.63, 3.8) is 0 Å². The van der Waals surface area contributed by atoms with Crippen LogP contribution in [0.2, 0.25) is 0 Å². The largest absolute Gasteiger partial charge is 0.508 e. The van der Waals surface area contributed by atoms with Crippen molar-refractivity contribution in [1.82, 2.24) is 0 Å². The van der Waals surface area contributed by atoms with Gasteiger partial charge >= 0.3 is 5.97 Å². The third kappa shape index (κ3) is 4.07. The number of benzene rings is 1. The van der Waals surface area contributed by atoms with E-state index in [1.54, 1.807) is 5.38 Å². The minimum Gasteiger partial charge on any atom is -0.508 e. The molecule has 0 aliphatic rings. The molecule has 8 heteroatoms. The van der Waals surface area contributed by atoms with Crippen molar-refractivity contribution in [1.29, 1.82) is 0 Å². The van der Waals surface area contributed by atoms with Crippen molar-refractivity contribution in [2.24, 2.45) is 5.73 Å². The molecule has 0 saturated carbocycles. The lowest BCUT2D eigenvalue weighted by Crippen LogP contribution is -2.30. The van der Waals surface area contributed by atoms with E-state index in [1.807, 2.05) is 0 Å². The van der Waals surface area contributed by atoms with Gasteiger partial charge in [0.05, 0.1) is 11.1 Å². The maximum atomic E-state index is 12.0. The van der Waals surface area contributed by atoms with Crippen molar-refractivity contribution in [2.45, 2.75) is 13.0 Å². The zero-order valence-corrected chi connectivity index (χ0v) is 12.9. The SMILES string of the molecule is C[C@H](OC(=O)c1ccc(O)cc1)C(=O)Nc1sccc1C(N)=O. The average molecular weight is 334 g/mol. The summed E-state index contributed by atoms with van der Waals surface area (Å²) in [5.74, 6) is -1.92. The highest BCUT2D eigenvalue weighted by atomic mass is 32.1. The fourth-order valence-electron chi connectivity index (χ4n) is 1.69. The van der Waals surface area contributed by atoms with E-state index in [9.17, 15) is 19.5 Å². The molecule has 4 N–H and O–H groups in total. The molecule has 1 heterocycles. The summed E-state index contributed by atoms with van der Waals surface area (Å²) < 4.78 is 5.04. The van der Waals surface area contributed by atoms with Crippen LogP contribution < -0.4 is 11.1 Å². The number of primary amides is 1. The van der Waals surface area contributed by atoms with Gasteiger partial charge in [0, 0.05) is 0 Å². The van der Waals surface area contributed by atoms with E-state index in [1.165, 1.54) is 37.3 Å². The summed E-state index contributed by atoms with van der Waals surface area (Å²) in [6.45, 7) is 1.41. The molecule has 1 aromatic carbocycles. The maximum absolute atomic E-state index is 12.0. The Bertz CT molecular complexity index is 739. The summed E-state index contributed by atoms with van der Waals surface area (Å²) in [6.07, 6.45) is -1.07. The Labute approximate surface area is 135 Å². The van der Waals surface area contributed by atoms with Crippen LogP contribution in [0, 0.1) is 0 Å². The van der Waals surface area contributed by atoms with Crippen LogP contribution >= 0.6 is 11.3 Å². The molecule has 0 aliphatic heterocycles. The zero-order valence-electron chi connectivity index (χ0n) is 12.1. The predicted octanol–water partition coefficient (Wildman–Crippen LogP) is 1.74. The van der Waals surface area contributed by atoms with Crippen molar-refractivity contribution in [2.75, 3.05) is 5.32 Å². The molecule has 1 aromatic heterocycles. The summed E-state index contributed by atoms with van der Waals surface area (Å²) in [5.41, 5.74) is 5.59. The number of carbonyl (C=O) groups is 3. The Morgan fingerprint density at radius 2 is 1.87 bits per heavy atom. The topological polar surface area (TPSA) is 119 Å². The van der Waals surface area contributed by atoms with Gasteiger partial charge < -0.3 is 20.9 Å². The second kappa shape index (κ2) is 6.93. The Morgan fingerprint density at radius 1 is 1.22 bits per heavy atom. The van der Waals surface area contributed by atoms with E-state index >= 15 is 0 Å². The van der Waals surface area contributed by atoms with Gasteiger partial charge in [0.15, 0.2) is 6.10 Å². The number of anilines is 1. The van der Waals surface area contributed by atoms with Crippen LogP contribution in [0.15, 0.2) is 35.7 Å². The third-order valence-electron chi connectivity index (χ3n) is 2.92. The molecule has 23 heavy (non-hydrogen) atoms. The normalized spacial score (nSPS) is 11.5. The number of phenols is 1. The molecule has 0 radical (unpaired) electrons. The molecule has 2 aromatic rings. The van der Waals surface area contributed by atoms with Gasteiger partial charge in [-0.15, -0.1) is 11.3 Å². The van der Waals surface area contributed by atoms with Gasteiger partial charge in [0.25, 0.3) is 11.8 Å². The third-order valence-corrected chi connectivity index (χ3v) is 3.75.